The first-order chi connectivity index (χ1) is 20.2. The zero-order valence-corrected chi connectivity index (χ0v) is 24.4. The van der Waals surface area contributed by atoms with Crippen LogP contribution in [-0.2, 0) is 6.54 Å². The van der Waals surface area contributed by atoms with E-state index < -0.39 is 0 Å². The molecule has 1 aliphatic heterocycles. The minimum atomic E-state index is 0.365. The number of piperidine rings is 1. The standard InChI is InChI=1S/C33H28AsN7/c34-32-29-20-39-41(33(29)38-22-37-32)27-13-16-40(17-14-27)21-23-9-11-25(12-10-23)31-28(24-6-2-1-3-7-24)18-26(19-36-31)30-8-4-5-15-35-30/h1-12,15,18-20,22,27H,13-14,16-17,21H2. The zero-order chi connectivity index (χ0) is 27.6. The Balaban J connectivity index is 1.07. The van der Waals surface area contributed by atoms with E-state index in [1.165, 1.54) is 5.56 Å². The van der Waals surface area contributed by atoms with Crippen LogP contribution >= 0.6 is 0 Å². The summed E-state index contributed by atoms with van der Waals surface area (Å²) in [5.41, 5.74) is 8.52. The average Bonchev–Trinajstić information content (AvgIpc) is 3.48. The summed E-state index contributed by atoms with van der Waals surface area (Å²) in [6.45, 7) is 2.99. The molecule has 0 atom stereocenters. The summed E-state index contributed by atoms with van der Waals surface area (Å²) in [5, 5.41) is 5.67. The quantitative estimate of drug-likeness (QED) is 0.245. The van der Waals surface area contributed by atoms with Crippen LogP contribution in [0.2, 0.25) is 0 Å². The van der Waals surface area contributed by atoms with Gasteiger partial charge in [0.15, 0.2) is 0 Å². The predicted octanol–water partition coefficient (Wildman–Crippen LogP) is 5.25. The number of nitrogens with zero attached hydrogens (tertiary/aromatic N) is 7. The van der Waals surface area contributed by atoms with Crippen LogP contribution in [0.25, 0.3) is 44.7 Å². The predicted molar refractivity (Wildman–Crippen MR) is 163 cm³/mol. The molecule has 0 bridgehead atoms. The summed E-state index contributed by atoms with van der Waals surface area (Å²) in [6.07, 6.45) is 9.37. The fourth-order valence-corrected chi connectivity index (χ4v) is 6.11. The van der Waals surface area contributed by atoms with Crippen molar-refractivity contribution >= 4 is 32.4 Å². The van der Waals surface area contributed by atoms with Crippen LogP contribution in [0.5, 0.6) is 0 Å². The van der Waals surface area contributed by atoms with Gasteiger partial charge in [-0.05, 0) is 23.8 Å². The molecule has 0 N–H and O–H groups in total. The normalized spacial score (nSPS) is 14.5. The van der Waals surface area contributed by atoms with Crippen LogP contribution in [0.15, 0.2) is 104 Å². The van der Waals surface area contributed by atoms with E-state index in [4.69, 9.17) is 4.98 Å². The summed E-state index contributed by atoms with van der Waals surface area (Å²) in [4.78, 5) is 20.8. The Morgan fingerprint density at radius 3 is 2.34 bits per heavy atom. The minimum absolute atomic E-state index is 0.365. The Labute approximate surface area is 247 Å². The number of hydrogen-bond acceptors (Lipinski definition) is 6. The van der Waals surface area contributed by atoms with Crippen LogP contribution in [0.3, 0.4) is 0 Å². The van der Waals surface area contributed by atoms with Gasteiger partial charge in [-0.2, -0.15) is 0 Å². The van der Waals surface area contributed by atoms with Gasteiger partial charge in [-0.25, -0.2) is 0 Å². The molecule has 0 spiro atoms. The van der Waals surface area contributed by atoms with Gasteiger partial charge in [0.05, 0.1) is 11.4 Å². The number of rotatable bonds is 6. The molecule has 5 heterocycles. The molecule has 1 aliphatic rings. The topological polar surface area (TPSA) is 72.6 Å². The number of aromatic nitrogens is 6. The van der Waals surface area contributed by atoms with E-state index in [1.54, 1.807) is 6.33 Å². The van der Waals surface area contributed by atoms with E-state index in [1.807, 2.05) is 42.9 Å². The van der Waals surface area contributed by atoms with E-state index >= 15 is 0 Å². The van der Waals surface area contributed by atoms with Gasteiger partial charge >= 0.3 is 138 Å². The molecule has 6 aromatic rings. The summed E-state index contributed by atoms with van der Waals surface area (Å²) >= 11 is 2.51. The van der Waals surface area contributed by atoms with Crippen molar-refractivity contribution < 1.29 is 0 Å². The second kappa shape index (κ2) is 11.4. The van der Waals surface area contributed by atoms with Crippen LogP contribution in [0, 0.1) is 0 Å². The van der Waals surface area contributed by atoms with Gasteiger partial charge < -0.3 is 0 Å². The van der Waals surface area contributed by atoms with Gasteiger partial charge in [-0.15, -0.1) is 0 Å². The van der Waals surface area contributed by atoms with Crippen molar-refractivity contribution in [3.8, 4) is 33.6 Å². The summed E-state index contributed by atoms with van der Waals surface area (Å²) < 4.78 is 3.01. The van der Waals surface area contributed by atoms with Gasteiger partial charge in [0.25, 0.3) is 0 Å². The number of hydrogen-bond donors (Lipinski definition) is 0. The SMILES string of the molecule is [As]c1ncnc2c1cnn2C1CCN(Cc2ccc(-c3ncc(-c4ccccn4)cc3-c3ccccc3)cc2)CC1. The maximum atomic E-state index is 4.94. The Kier molecular flexibility index (Phi) is 7.13. The first-order valence-electron chi connectivity index (χ1n) is 13.9. The van der Waals surface area contributed by atoms with Crippen molar-refractivity contribution in [3.05, 3.63) is 109 Å². The molecule has 0 amide bonds. The monoisotopic (exact) mass is 597 g/mol. The van der Waals surface area contributed by atoms with Crippen molar-refractivity contribution in [2.75, 3.05) is 13.1 Å². The third-order valence-electron chi connectivity index (χ3n) is 7.84. The molecule has 2 radical (unpaired) electrons. The fourth-order valence-electron chi connectivity index (χ4n) is 5.67. The van der Waals surface area contributed by atoms with Crippen molar-refractivity contribution in [1.82, 2.24) is 34.6 Å². The van der Waals surface area contributed by atoms with Crippen molar-refractivity contribution in [3.63, 3.8) is 0 Å². The Hall–Kier alpha value is -4.19. The Morgan fingerprint density at radius 1 is 0.756 bits per heavy atom. The molecular formula is C33H28AsN7. The second-order valence-electron chi connectivity index (χ2n) is 10.4. The van der Waals surface area contributed by atoms with Crippen LogP contribution in [0.4, 0.5) is 0 Å². The molecule has 0 unspecified atom stereocenters. The first kappa shape index (κ1) is 25.8. The molecule has 0 aliphatic carbocycles. The second-order valence-corrected chi connectivity index (χ2v) is 11.3. The van der Waals surface area contributed by atoms with E-state index in [0.29, 0.717) is 6.04 Å². The first-order valence-corrected chi connectivity index (χ1v) is 14.8. The average molecular weight is 598 g/mol. The summed E-state index contributed by atoms with van der Waals surface area (Å²) in [5.74, 6) is 0. The van der Waals surface area contributed by atoms with Gasteiger partial charge in [0.1, 0.15) is 0 Å². The molecule has 7 nitrogen and oxygen atoms in total. The number of pyridine rings is 2. The molecule has 41 heavy (non-hydrogen) atoms. The van der Waals surface area contributed by atoms with Gasteiger partial charge in [0.2, 0.25) is 0 Å². The molecule has 8 heteroatoms. The van der Waals surface area contributed by atoms with Crippen LogP contribution in [0.1, 0.15) is 24.4 Å². The molecule has 1 saturated heterocycles. The Morgan fingerprint density at radius 2 is 1.56 bits per heavy atom. The molecule has 1 fully saturated rings. The van der Waals surface area contributed by atoms with E-state index in [0.717, 1.165) is 81.6 Å². The van der Waals surface area contributed by atoms with Gasteiger partial charge in [0, 0.05) is 29.1 Å². The molecular weight excluding hydrogens is 569 g/mol. The maximum absolute atomic E-state index is 4.94. The Bertz CT molecular complexity index is 1780. The number of benzene rings is 2. The van der Waals surface area contributed by atoms with Gasteiger partial charge in [-0.1, -0.05) is 36.4 Å². The fraction of sp³-hybridized carbons (Fsp3) is 0.182. The molecule has 2 aromatic carbocycles. The summed E-state index contributed by atoms with van der Waals surface area (Å²) in [6, 6.07) is 27.9. The van der Waals surface area contributed by atoms with Gasteiger partial charge in [-0.3, -0.25) is 9.97 Å². The third-order valence-corrected chi connectivity index (χ3v) is 8.59. The molecule has 7 rings (SSSR count). The number of fused-ring (bicyclic) bond motifs is 1. The van der Waals surface area contributed by atoms with E-state index in [9.17, 15) is 0 Å². The van der Waals surface area contributed by atoms with Crippen molar-refractivity contribution in [2.24, 2.45) is 0 Å². The molecule has 0 saturated carbocycles. The van der Waals surface area contributed by atoms with Crippen molar-refractivity contribution in [2.45, 2.75) is 25.4 Å². The van der Waals surface area contributed by atoms with Crippen LogP contribution in [-0.4, -0.2) is 64.6 Å². The van der Waals surface area contributed by atoms with Crippen molar-refractivity contribution in [1.29, 1.82) is 0 Å². The number of likely N-dealkylation sites (tertiary alicyclic amines) is 1. The zero-order valence-electron chi connectivity index (χ0n) is 22.5. The molecule has 4 aromatic heterocycles. The van der Waals surface area contributed by atoms with Crippen LogP contribution < -0.4 is 4.48 Å². The van der Waals surface area contributed by atoms with E-state index in [-0.39, 0.29) is 0 Å². The van der Waals surface area contributed by atoms with E-state index in [2.05, 4.69) is 101 Å². The summed E-state index contributed by atoms with van der Waals surface area (Å²) in [7, 11) is 0. The molecule has 200 valence electrons. The third kappa shape index (κ3) is 5.31.